The second kappa shape index (κ2) is 4.97. The fraction of sp³-hybridized carbons (Fsp3) is 0.167. The van der Waals surface area contributed by atoms with Gasteiger partial charge in [0.2, 0.25) is 0 Å². The number of nitrogens with zero attached hydrogens (tertiary/aromatic N) is 1. The first-order valence-electron chi connectivity index (χ1n) is 5.27. The fourth-order valence-corrected chi connectivity index (χ4v) is 1.90. The number of hydrogen-bond acceptors (Lipinski definition) is 2. The first kappa shape index (κ1) is 12.9. The van der Waals surface area contributed by atoms with Crippen LogP contribution in [0.15, 0.2) is 27.5 Å². The van der Waals surface area contributed by atoms with Crippen LogP contribution in [-0.4, -0.2) is 9.97 Å². The molecule has 1 N–H and O–H groups in total. The Kier molecular flexibility index (Phi) is 3.56. The van der Waals surface area contributed by atoms with Crippen molar-refractivity contribution in [2.24, 2.45) is 0 Å². The van der Waals surface area contributed by atoms with E-state index in [4.69, 9.17) is 0 Å². The molecule has 0 bridgehead atoms. The number of hydrogen-bond donors (Lipinski definition) is 1. The van der Waals surface area contributed by atoms with E-state index in [1.165, 1.54) is 6.07 Å². The molecule has 3 nitrogen and oxygen atoms in total. The molecule has 0 aliphatic heterocycles. The number of aromatic nitrogens is 2. The van der Waals surface area contributed by atoms with E-state index in [9.17, 15) is 13.6 Å². The molecule has 0 amide bonds. The van der Waals surface area contributed by atoms with E-state index in [0.717, 1.165) is 12.1 Å². The van der Waals surface area contributed by atoms with Crippen molar-refractivity contribution in [3.63, 3.8) is 0 Å². The number of aryl methyl sites for hydroxylation is 1. The minimum Gasteiger partial charge on any atom is -0.311 e. The van der Waals surface area contributed by atoms with Gasteiger partial charge >= 0.3 is 0 Å². The van der Waals surface area contributed by atoms with Crippen LogP contribution in [-0.2, 0) is 6.42 Å². The molecule has 0 aliphatic carbocycles. The molecule has 1 aromatic carbocycles. The maximum Gasteiger partial charge on any atom is 0.251 e. The number of halogens is 3. The highest BCUT2D eigenvalue weighted by Crippen LogP contribution is 2.28. The van der Waals surface area contributed by atoms with Crippen molar-refractivity contribution < 1.29 is 8.78 Å². The van der Waals surface area contributed by atoms with Gasteiger partial charge in [-0.3, -0.25) is 4.79 Å². The van der Waals surface area contributed by atoms with Crippen LogP contribution < -0.4 is 5.56 Å². The van der Waals surface area contributed by atoms with Gasteiger partial charge in [-0.15, -0.1) is 0 Å². The lowest BCUT2D eigenvalue weighted by atomic mass is 10.1. The van der Waals surface area contributed by atoms with Crippen LogP contribution in [0, 0.1) is 11.6 Å². The van der Waals surface area contributed by atoms with Crippen LogP contribution in [0.25, 0.3) is 11.3 Å². The lowest BCUT2D eigenvalue weighted by Crippen LogP contribution is -2.11. The van der Waals surface area contributed by atoms with E-state index in [2.05, 4.69) is 25.9 Å². The molecule has 2 rings (SSSR count). The molecule has 0 saturated heterocycles. The lowest BCUT2D eigenvalue weighted by molar-refractivity contribution is 0.584. The Morgan fingerprint density at radius 3 is 2.78 bits per heavy atom. The second-order valence-corrected chi connectivity index (χ2v) is 4.50. The van der Waals surface area contributed by atoms with Crippen molar-refractivity contribution in [3.8, 4) is 11.3 Å². The summed E-state index contributed by atoms with van der Waals surface area (Å²) >= 11 is 2.98. The van der Waals surface area contributed by atoms with Crippen molar-refractivity contribution in [2.75, 3.05) is 0 Å². The molecule has 0 unspecified atom stereocenters. The standard InChI is InChI=1S/C12H9BrF2N2O/c1-2-9-16-8(5-10(18)17-9)11-7(14)4-3-6(13)12(11)15/h3-5H,2H2,1H3,(H,16,17,18). The van der Waals surface area contributed by atoms with Gasteiger partial charge in [0.15, 0.2) is 0 Å². The summed E-state index contributed by atoms with van der Waals surface area (Å²) in [5.41, 5.74) is -0.743. The summed E-state index contributed by atoms with van der Waals surface area (Å²) in [7, 11) is 0. The van der Waals surface area contributed by atoms with Gasteiger partial charge in [0.25, 0.3) is 5.56 Å². The summed E-state index contributed by atoms with van der Waals surface area (Å²) in [5, 5.41) is 0. The van der Waals surface area contributed by atoms with Crippen LogP contribution in [0.3, 0.4) is 0 Å². The zero-order chi connectivity index (χ0) is 13.3. The van der Waals surface area contributed by atoms with Crippen LogP contribution in [0.5, 0.6) is 0 Å². The van der Waals surface area contributed by atoms with Gasteiger partial charge in [0.05, 0.1) is 15.7 Å². The first-order valence-corrected chi connectivity index (χ1v) is 6.06. The van der Waals surface area contributed by atoms with Crippen LogP contribution in [0.2, 0.25) is 0 Å². The highest BCUT2D eigenvalue weighted by molar-refractivity contribution is 9.10. The predicted molar refractivity (Wildman–Crippen MR) is 67.3 cm³/mol. The molecule has 0 fully saturated rings. The van der Waals surface area contributed by atoms with Crippen LogP contribution in [0.1, 0.15) is 12.7 Å². The average Bonchev–Trinajstić information content (AvgIpc) is 2.34. The van der Waals surface area contributed by atoms with E-state index >= 15 is 0 Å². The fourth-order valence-electron chi connectivity index (χ4n) is 1.57. The van der Waals surface area contributed by atoms with Crippen molar-refractivity contribution >= 4 is 15.9 Å². The van der Waals surface area contributed by atoms with E-state index in [-0.39, 0.29) is 15.7 Å². The zero-order valence-corrected chi connectivity index (χ0v) is 11.0. The quantitative estimate of drug-likeness (QED) is 0.866. The number of rotatable bonds is 2. The molecule has 18 heavy (non-hydrogen) atoms. The van der Waals surface area contributed by atoms with Gasteiger partial charge < -0.3 is 4.98 Å². The molecule has 1 heterocycles. The summed E-state index contributed by atoms with van der Waals surface area (Å²) in [5.74, 6) is -1.14. The number of benzene rings is 1. The number of H-pyrrole nitrogens is 1. The highest BCUT2D eigenvalue weighted by atomic mass is 79.9. The van der Waals surface area contributed by atoms with E-state index in [0.29, 0.717) is 12.2 Å². The Morgan fingerprint density at radius 2 is 2.11 bits per heavy atom. The monoisotopic (exact) mass is 314 g/mol. The van der Waals surface area contributed by atoms with E-state index < -0.39 is 17.2 Å². The Hall–Kier alpha value is -1.56. The lowest BCUT2D eigenvalue weighted by Gasteiger charge is -2.06. The Labute approximate surface area is 110 Å². The molecule has 0 atom stereocenters. The third kappa shape index (κ3) is 2.33. The molecule has 0 saturated carbocycles. The summed E-state index contributed by atoms with van der Waals surface area (Å²) in [6.45, 7) is 1.79. The van der Waals surface area contributed by atoms with E-state index in [1.807, 2.05) is 0 Å². The molecule has 2 aromatic rings. The van der Waals surface area contributed by atoms with Crippen LogP contribution in [0.4, 0.5) is 8.78 Å². The topological polar surface area (TPSA) is 45.8 Å². The SMILES string of the molecule is CCc1nc(-c2c(F)ccc(Br)c2F)cc(=O)[nH]1. The molecular formula is C12H9BrF2N2O. The van der Waals surface area contributed by atoms with Crippen LogP contribution >= 0.6 is 15.9 Å². The molecule has 0 aliphatic rings. The van der Waals surface area contributed by atoms with Crippen molar-refractivity contribution in [1.82, 2.24) is 9.97 Å². The van der Waals surface area contributed by atoms with Gasteiger partial charge in [-0.1, -0.05) is 6.92 Å². The summed E-state index contributed by atoms with van der Waals surface area (Å²) in [4.78, 5) is 17.9. The molecule has 0 radical (unpaired) electrons. The number of nitrogens with one attached hydrogen (secondary N) is 1. The third-order valence-electron chi connectivity index (χ3n) is 2.43. The predicted octanol–water partition coefficient (Wildman–Crippen LogP) is 3.04. The van der Waals surface area contributed by atoms with E-state index in [1.54, 1.807) is 6.92 Å². The summed E-state index contributed by atoms with van der Waals surface area (Å²) < 4.78 is 27.7. The largest absolute Gasteiger partial charge is 0.311 e. The Balaban J connectivity index is 2.73. The smallest absolute Gasteiger partial charge is 0.251 e. The third-order valence-corrected chi connectivity index (χ3v) is 3.04. The molecule has 1 aromatic heterocycles. The van der Waals surface area contributed by atoms with Crippen molar-refractivity contribution in [1.29, 1.82) is 0 Å². The van der Waals surface area contributed by atoms with Gasteiger partial charge in [0, 0.05) is 12.5 Å². The molecule has 0 spiro atoms. The maximum atomic E-state index is 13.9. The summed E-state index contributed by atoms with van der Waals surface area (Å²) in [6.07, 6.45) is 0.473. The van der Waals surface area contributed by atoms with Crippen molar-refractivity contribution in [2.45, 2.75) is 13.3 Å². The minimum absolute atomic E-state index is 0.00750. The highest BCUT2D eigenvalue weighted by Gasteiger charge is 2.16. The molecule has 6 heteroatoms. The summed E-state index contributed by atoms with van der Waals surface area (Å²) in [6, 6.07) is 3.46. The van der Waals surface area contributed by atoms with Gasteiger partial charge in [-0.2, -0.15) is 0 Å². The van der Waals surface area contributed by atoms with Gasteiger partial charge in [-0.05, 0) is 28.1 Å². The molecular weight excluding hydrogens is 306 g/mol. The second-order valence-electron chi connectivity index (χ2n) is 3.65. The number of aromatic amines is 1. The minimum atomic E-state index is -0.768. The normalized spacial score (nSPS) is 10.7. The van der Waals surface area contributed by atoms with Gasteiger partial charge in [-0.25, -0.2) is 13.8 Å². The van der Waals surface area contributed by atoms with Crippen molar-refractivity contribution in [3.05, 3.63) is 50.5 Å². The first-order chi connectivity index (χ1) is 8.52. The molecule has 94 valence electrons. The zero-order valence-electron chi connectivity index (χ0n) is 9.43. The average molecular weight is 315 g/mol. The Bertz CT molecular complexity index is 655. The Morgan fingerprint density at radius 1 is 1.39 bits per heavy atom. The maximum absolute atomic E-state index is 13.9. The van der Waals surface area contributed by atoms with Gasteiger partial charge in [0.1, 0.15) is 17.5 Å².